The van der Waals surface area contributed by atoms with Crippen LogP contribution in [0.5, 0.6) is 0 Å². The predicted octanol–water partition coefficient (Wildman–Crippen LogP) is 3.40. The average molecular weight is 274 g/mol. The molecule has 0 aromatic rings. The monoisotopic (exact) mass is 274 g/mol. The quantitative estimate of drug-likeness (QED) is 0.451. The first-order valence-corrected chi connectivity index (χ1v) is 8.06. The molecule has 0 aliphatic rings. The molecule has 0 amide bonds. The van der Waals surface area contributed by atoms with Crippen LogP contribution in [0.15, 0.2) is 0 Å². The van der Waals surface area contributed by atoms with Crippen molar-refractivity contribution in [1.29, 1.82) is 0 Å². The molecule has 3 heteroatoms. The van der Waals surface area contributed by atoms with Crippen LogP contribution in [0.2, 0.25) is 0 Å². The Morgan fingerprint density at radius 2 is 1.42 bits per heavy atom. The minimum absolute atomic E-state index is 0.0701. The molecule has 19 heavy (non-hydrogen) atoms. The summed E-state index contributed by atoms with van der Waals surface area (Å²) >= 11 is 0. The predicted molar refractivity (Wildman–Crippen MR) is 80.2 cm³/mol. The van der Waals surface area contributed by atoms with Crippen molar-refractivity contribution in [3.8, 4) is 0 Å². The van der Waals surface area contributed by atoms with Crippen LogP contribution in [0.1, 0.15) is 84.5 Å². The lowest BCUT2D eigenvalue weighted by Gasteiger charge is -2.29. The van der Waals surface area contributed by atoms with Crippen LogP contribution in [0, 0.1) is 0 Å². The lowest BCUT2D eigenvalue weighted by Crippen LogP contribution is -2.39. The highest BCUT2D eigenvalue weighted by Gasteiger charge is 2.28. The Hall–Kier alpha value is -0.120. The minimum atomic E-state index is -1.05. The third kappa shape index (κ3) is 10.3. The van der Waals surface area contributed by atoms with Gasteiger partial charge in [0, 0.05) is 6.61 Å². The second kappa shape index (κ2) is 11.7. The molecule has 0 saturated heterocycles. The van der Waals surface area contributed by atoms with Crippen LogP contribution in [0.3, 0.4) is 0 Å². The minimum Gasteiger partial charge on any atom is -0.396 e. The molecule has 0 aliphatic carbocycles. The molecule has 3 N–H and O–H groups in total. The van der Waals surface area contributed by atoms with E-state index in [0.717, 1.165) is 12.8 Å². The molecule has 0 rings (SSSR count). The highest BCUT2D eigenvalue weighted by Crippen LogP contribution is 2.21. The summed E-state index contributed by atoms with van der Waals surface area (Å²) in [6, 6.07) is 0. The molecule has 0 radical (unpaired) electrons. The van der Waals surface area contributed by atoms with Gasteiger partial charge in [0.2, 0.25) is 0 Å². The molecule has 0 aliphatic heterocycles. The Balaban J connectivity index is 3.49. The third-order valence-corrected chi connectivity index (χ3v) is 3.89. The molecule has 0 heterocycles. The third-order valence-electron chi connectivity index (χ3n) is 3.89. The lowest BCUT2D eigenvalue weighted by atomic mass is 9.90. The molecule has 116 valence electrons. The van der Waals surface area contributed by atoms with Gasteiger partial charge in [0.25, 0.3) is 0 Å². The van der Waals surface area contributed by atoms with Crippen LogP contribution >= 0.6 is 0 Å². The van der Waals surface area contributed by atoms with Gasteiger partial charge in [-0.25, -0.2) is 0 Å². The summed E-state index contributed by atoms with van der Waals surface area (Å²) in [5, 5.41) is 28.8. The van der Waals surface area contributed by atoms with Crippen molar-refractivity contribution in [3.05, 3.63) is 0 Å². The first-order valence-electron chi connectivity index (χ1n) is 8.06. The first-order chi connectivity index (χ1) is 9.04. The zero-order valence-corrected chi connectivity index (χ0v) is 12.9. The maximum absolute atomic E-state index is 10.1. The number of aliphatic hydroxyl groups excluding tert-OH is 2. The van der Waals surface area contributed by atoms with Gasteiger partial charge in [-0.3, -0.25) is 0 Å². The fourth-order valence-corrected chi connectivity index (χ4v) is 2.39. The van der Waals surface area contributed by atoms with E-state index in [2.05, 4.69) is 6.92 Å². The number of hydrogen-bond acceptors (Lipinski definition) is 3. The second-order valence-electron chi connectivity index (χ2n) is 5.96. The Kier molecular flexibility index (Phi) is 11.6. The Labute approximate surface area is 119 Å². The summed E-state index contributed by atoms with van der Waals surface area (Å²) in [5.74, 6) is 0. The van der Waals surface area contributed by atoms with E-state index in [9.17, 15) is 10.2 Å². The smallest absolute Gasteiger partial charge is 0.0878 e. The van der Waals surface area contributed by atoms with E-state index < -0.39 is 11.7 Å². The van der Waals surface area contributed by atoms with Gasteiger partial charge in [-0.1, -0.05) is 58.3 Å². The normalized spacial score (nSPS) is 16.3. The van der Waals surface area contributed by atoms with Gasteiger partial charge < -0.3 is 15.3 Å². The average Bonchev–Trinajstić information content (AvgIpc) is 2.39. The van der Waals surface area contributed by atoms with E-state index >= 15 is 0 Å². The molecule has 2 atom stereocenters. The van der Waals surface area contributed by atoms with E-state index in [0.29, 0.717) is 19.3 Å². The molecule has 0 spiro atoms. The summed E-state index contributed by atoms with van der Waals surface area (Å²) in [6.45, 7) is 3.96. The molecule has 0 aromatic carbocycles. The molecular weight excluding hydrogens is 240 g/mol. The van der Waals surface area contributed by atoms with E-state index in [1.165, 1.54) is 38.5 Å². The zero-order chi connectivity index (χ0) is 14.6. The Bertz CT molecular complexity index is 192. The van der Waals surface area contributed by atoms with Crippen LogP contribution in [0.4, 0.5) is 0 Å². The fourth-order valence-electron chi connectivity index (χ4n) is 2.39. The fraction of sp³-hybridized carbons (Fsp3) is 1.00. The SMILES string of the molecule is CCCCCCCCCCC(O)C(C)(O)CCCO. The van der Waals surface area contributed by atoms with E-state index in [-0.39, 0.29) is 6.61 Å². The standard InChI is InChI=1S/C16H34O3/c1-3-4-5-6-7-8-9-10-12-15(18)16(2,19)13-11-14-17/h15,17-19H,3-14H2,1-2H3. The Morgan fingerprint density at radius 1 is 0.895 bits per heavy atom. The molecule has 3 nitrogen and oxygen atoms in total. The van der Waals surface area contributed by atoms with E-state index in [4.69, 9.17) is 5.11 Å². The van der Waals surface area contributed by atoms with Gasteiger partial charge in [0.15, 0.2) is 0 Å². The van der Waals surface area contributed by atoms with Gasteiger partial charge >= 0.3 is 0 Å². The van der Waals surface area contributed by atoms with Crippen LogP contribution in [-0.2, 0) is 0 Å². The molecular formula is C16H34O3. The molecule has 0 fully saturated rings. The van der Waals surface area contributed by atoms with Crippen molar-refractivity contribution < 1.29 is 15.3 Å². The summed E-state index contributed by atoms with van der Waals surface area (Å²) in [7, 11) is 0. The Morgan fingerprint density at radius 3 is 1.95 bits per heavy atom. The van der Waals surface area contributed by atoms with Gasteiger partial charge in [0.05, 0.1) is 11.7 Å². The van der Waals surface area contributed by atoms with Crippen molar-refractivity contribution >= 4 is 0 Å². The largest absolute Gasteiger partial charge is 0.396 e. The van der Waals surface area contributed by atoms with Gasteiger partial charge in [-0.05, 0) is 26.2 Å². The first kappa shape index (κ1) is 18.9. The summed E-state index contributed by atoms with van der Waals surface area (Å²) in [4.78, 5) is 0. The van der Waals surface area contributed by atoms with E-state index in [1.54, 1.807) is 6.92 Å². The van der Waals surface area contributed by atoms with Crippen LogP contribution in [-0.4, -0.2) is 33.6 Å². The molecule has 2 unspecified atom stereocenters. The summed E-state index contributed by atoms with van der Waals surface area (Å²) in [5.41, 5.74) is -1.05. The van der Waals surface area contributed by atoms with Gasteiger partial charge in [0.1, 0.15) is 0 Å². The van der Waals surface area contributed by atoms with Crippen molar-refractivity contribution in [2.75, 3.05) is 6.61 Å². The summed E-state index contributed by atoms with van der Waals surface area (Å²) < 4.78 is 0. The zero-order valence-electron chi connectivity index (χ0n) is 12.9. The maximum Gasteiger partial charge on any atom is 0.0878 e. The van der Waals surface area contributed by atoms with E-state index in [1.807, 2.05) is 0 Å². The summed E-state index contributed by atoms with van der Waals surface area (Å²) in [6.07, 6.45) is 10.9. The van der Waals surface area contributed by atoms with Crippen molar-refractivity contribution in [2.24, 2.45) is 0 Å². The number of rotatable bonds is 13. The van der Waals surface area contributed by atoms with Gasteiger partial charge in [-0.15, -0.1) is 0 Å². The molecule has 0 aromatic heterocycles. The number of hydrogen-bond donors (Lipinski definition) is 3. The van der Waals surface area contributed by atoms with Crippen molar-refractivity contribution in [1.82, 2.24) is 0 Å². The highest BCUT2D eigenvalue weighted by molar-refractivity contribution is 4.81. The van der Waals surface area contributed by atoms with Crippen LogP contribution < -0.4 is 0 Å². The van der Waals surface area contributed by atoms with Crippen LogP contribution in [0.25, 0.3) is 0 Å². The maximum atomic E-state index is 10.1. The molecule has 0 saturated carbocycles. The molecule has 0 bridgehead atoms. The second-order valence-corrected chi connectivity index (χ2v) is 5.96. The number of aliphatic hydroxyl groups is 3. The van der Waals surface area contributed by atoms with Crippen molar-refractivity contribution in [3.63, 3.8) is 0 Å². The van der Waals surface area contributed by atoms with Crippen molar-refractivity contribution in [2.45, 2.75) is 96.2 Å². The topological polar surface area (TPSA) is 60.7 Å². The lowest BCUT2D eigenvalue weighted by molar-refractivity contribution is -0.0735. The number of unbranched alkanes of at least 4 members (excludes halogenated alkanes) is 7. The van der Waals surface area contributed by atoms with Gasteiger partial charge in [-0.2, -0.15) is 0 Å². The highest BCUT2D eigenvalue weighted by atomic mass is 16.3.